The van der Waals surface area contributed by atoms with Crippen LogP contribution in [0.1, 0.15) is 27.2 Å². The van der Waals surface area contributed by atoms with E-state index >= 15 is 0 Å². The Morgan fingerprint density at radius 1 is 0.654 bits per heavy atom. The van der Waals surface area contributed by atoms with Crippen LogP contribution >= 0.6 is 0 Å². The average molecular weight is 364 g/mol. The number of benzene rings is 3. The summed E-state index contributed by atoms with van der Waals surface area (Å²) in [4.78, 5) is 3.98. The van der Waals surface area contributed by atoms with Crippen LogP contribution in [0, 0.1) is 5.41 Å². The lowest BCUT2D eigenvalue weighted by Crippen LogP contribution is -2.11. The van der Waals surface area contributed by atoms with Gasteiger partial charge in [0, 0.05) is 0 Å². The first-order valence-corrected chi connectivity index (χ1v) is 10.3. The summed E-state index contributed by atoms with van der Waals surface area (Å²) in [6.07, 6.45) is 1.05. The van der Waals surface area contributed by atoms with E-state index in [9.17, 15) is 0 Å². The third-order valence-electron chi connectivity index (χ3n) is 4.14. The quantitative estimate of drug-likeness (QED) is 0.448. The van der Waals surface area contributed by atoms with Crippen molar-refractivity contribution in [2.75, 3.05) is 6.61 Å². The fourth-order valence-corrected chi connectivity index (χ4v) is 4.75. The molecule has 0 aromatic heterocycles. The predicted octanol–water partition coefficient (Wildman–Crippen LogP) is 6.60. The van der Waals surface area contributed by atoms with E-state index in [0.717, 1.165) is 18.8 Å². The van der Waals surface area contributed by atoms with Crippen LogP contribution in [0.5, 0.6) is 5.75 Å². The first kappa shape index (κ1) is 18.6. The third-order valence-corrected chi connectivity index (χ3v) is 6.37. The smallest absolute Gasteiger partial charge is 0.166 e. The summed E-state index contributed by atoms with van der Waals surface area (Å²) in [5.74, 6) is 0.947. The Hall–Kier alpha value is -2.19. The van der Waals surface area contributed by atoms with Crippen LogP contribution in [0.15, 0.2) is 99.6 Å². The number of hydrogen-bond acceptors (Lipinski definition) is 1. The third kappa shape index (κ3) is 5.15. The van der Waals surface area contributed by atoms with Crippen molar-refractivity contribution in [3.05, 3.63) is 84.9 Å². The zero-order chi connectivity index (χ0) is 18.4. The van der Waals surface area contributed by atoms with Gasteiger partial charge < -0.3 is 4.74 Å². The van der Waals surface area contributed by atoms with Crippen molar-refractivity contribution in [2.24, 2.45) is 5.41 Å². The monoisotopic (exact) mass is 363 g/mol. The molecule has 0 heterocycles. The van der Waals surface area contributed by atoms with Crippen LogP contribution in [0.2, 0.25) is 0 Å². The van der Waals surface area contributed by atoms with Gasteiger partial charge in [0.15, 0.2) is 14.7 Å². The molecule has 0 spiro atoms. The van der Waals surface area contributed by atoms with Gasteiger partial charge in [0.05, 0.1) is 17.5 Å². The maximum absolute atomic E-state index is 5.93. The van der Waals surface area contributed by atoms with Crippen molar-refractivity contribution in [1.82, 2.24) is 0 Å². The van der Waals surface area contributed by atoms with E-state index in [1.807, 2.05) is 0 Å². The maximum atomic E-state index is 5.93. The Morgan fingerprint density at radius 2 is 1.12 bits per heavy atom. The van der Waals surface area contributed by atoms with Gasteiger partial charge in [-0.15, -0.1) is 0 Å². The lowest BCUT2D eigenvalue weighted by Gasteiger charge is -2.18. The lowest BCUT2D eigenvalue weighted by molar-refractivity contribution is 0.243. The Labute approximate surface area is 160 Å². The molecule has 0 atom stereocenters. The predicted molar refractivity (Wildman–Crippen MR) is 111 cm³/mol. The second-order valence-corrected chi connectivity index (χ2v) is 9.59. The minimum Gasteiger partial charge on any atom is -0.494 e. The van der Waals surface area contributed by atoms with E-state index in [1.165, 1.54) is 14.7 Å². The minimum absolute atomic E-state index is 0.0983. The SMILES string of the molecule is CC(C)(C)CCOc1ccc([S+](c2ccccc2)c2ccccc2)cc1. The zero-order valence-electron chi connectivity index (χ0n) is 15.8. The Morgan fingerprint density at radius 3 is 1.58 bits per heavy atom. The molecule has 0 aliphatic heterocycles. The maximum Gasteiger partial charge on any atom is 0.166 e. The molecule has 0 saturated carbocycles. The molecule has 26 heavy (non-hydrogen) atoms. The van der Waals surface area contributed by atoms with E-state index in [0.29, 0.717) is 5.41 Å². The van der Waals surface area contributed by atoms with Gasteiger partial charge in [-0.3, -0.25) is 0 Å². The lowest BCUT2D eigenvalue weighted by atomic mass is 9.93. The van der Waals surface area contributed by atoms with Crippen molar-refractivity contribution in [3.8, 4) is 5.75 Å². The van der Waals surface area contributed by atoms with E-state index in [4.69, 9.17) is 4.74 Å². The van der Waals surface area contributed by atoms with Crippen molar-refractivity contribution in [2.45, 2.75) is 41.9 Å². The van der Waals surface area contributed by atoms with E-state index in [2.05, 4.69) is 106 Å². The largest absolute Gasteiger partial charge is 0.494 e. The molecule has 0 aliphatic rings. The molecule has 0 N–H and O–H groups in total. The van der Waals surface area contributed by atoms with Gasteiger partial charge in [0.25, 0.3) is 0 Å². The molecular weight excluding hydrogens is 336 g/mol. The molecule has 0 bridgehead atoms. The molecule has 0 radical (unpaired) electrons. The molecule has 0 saturated heterocycles. The Balaban J connectivity index is 1.82. The summed E-state index contributed by atoms with van der Waals surface area (Å²) in [5.41, 5.74) is 0.299. The number of ether oxygens (including phenoxy) is 1. The molecule has 0 amide bonds. The summed E-state index contributed by atoms with van der Waals surface area (Å²) in [6, 6.07) is 30.1. The first-order valence-electron chi connectivity index (χ1n) is 9.10. The van der Waals surface area contributed by atoms with E-state index < -0.39 is 0 Å². The van der Waals surface area contributed by atoms with Crippen LogP contribution in [-0.2, 0) is 10.9 Å². The van der Waals surface area contributed by atoms with Crippen LogP contribution in [0.4, 0.5) is 0 Å². The van der Waals surface area contributed by atoms with E-state index in [1.54, 1.807) is 0 Å². The highest BCUT2D eigenvalue weighted by atomic mass is 32.2. The average Bonchev–Trinajstić information content (AvgIpc) is 2.64. The summed E-state index contributed by atoms with van der Waals surface area (Å²) in [7, 11) is -0.0983. The van der Waals surface area contributed by atoms with Gasteiger partial charge in [-0.05, 0) is 60.4 Å². The summed E-state index contributed by atoms with van der Waals surface area (Å²) in [5, 5.41) is 0. The molecule has 3 aromatic carbocycles. The van der Waals surface area contributed by atoms with Gasteiger partial charge in [-0.1, -0.05) is 57.2 Å². The Bertz CT molecular complexity index is 750. The first-order chi connectivity index (χ1) is 12.5. The van der Waals surface area contributed by atoms with Gasteiger partial charge in [-0.25, -0.2) is 0 Å². The van der Waals surface area contributed by atoms with Crippen LogP contribution < -0.4 is 4.74 Å². The van der Waals surface area contributed by atoms with Crippen LogP contribution in [0.3, 0.4) is 0 Å². The van der Waals surface area contributed by atoms with Gasteiger partial charge in [0.1, 0.15) is 5.75 Å². The molecule has 0 fully saturated rings. The molecular formula is C24H27OS+. The molecule has 134 valence electrons. The highest BCUT2D eigenvalue weighted by Gasteiger charge is 2.28. The van der Waals surface area contributed by atoms with Crippen molar-refractivity contribution < 1.29 is 4.74 Å². The van der Waals surface area contributed by atoms with E-state index in [-0.39, 0.29) is 10.9 Å². The molecule has 1 nitrogen and oxygen atoms in total. The molecule has 0 aliphatic carbocycles. The summed E-state index contributed by atoms with van der Waals surface area (Å²) in [6.45, 7) is 7.48. The molecule has 3 aromatic rings. The van der Waals surface area contributed by atoms with Gasteiger partial charge in [-0.2, -0.15) is 0 Å². The summed E-state index contributed by atoms with van der Waals surface area (Å²) < 4.78 is 5.93. The highest BCUT2D eigenvalue weighted by Crippen LogP contribution is 2.32. The fraction of sp³-hybridized carbons (Fsp3) is 0.250. The highest BCUT2D eigenvalue weighted by molar-refractivity contribution is 7.97. The van der Waals surface area contributed by atoms with Gasteiger partial charge in [0.2, 0.25) is 0 Å². The molecule has 2 heteroatoms. The normalized spacial score (nSPS) is 11.5. The standard InChI is InChI=1S/C24H27OS/c1-24(2,3)18-19-25-20-14-16-23(17-15-20)26(21-10-6-4-7-11-21)22-12-8-5-9-13-22/h4-17H,18-19H2,1-3H3/q+1. The van der Waals surface area contributed by atoms with Crippen molar-refractivity contribution in [3.63, 3.8) is 0 Å². The second kappa shape index (κ2) is 8.46. The Kier molecular flexibility index (Phi) is 6.05. The molecule has 3 rings (SSSR count). The topological polar surface area (TPSA) is 9.23 Å². The van der Waals surface area contributed by atoms with Crippen LogP contribution in [-0.4, -0.2) is 6.61 Å². The number of hydrogen-bond donors (Lipinski definition) is 0. The van der Waals surface area contributed by atoms with Crippen molar-refractivity contribution in [1.29, 1.82) is 0 Å². The molecule has 0 unspecified atom stereocenters. The van der Waals surface area contributed by atoms with Gasteiger partial charge >= 0.3 is 0 Å². The van der Waals surface area contributed by atoms with Crippen LogP contribution in [0.25, 0.3) is 0 Å². The van der Waals surface area contributed by atoms with Crippen molar-refractivity contribution >= 4 is 10.9 Å². The second-order valence-electron chi connectivity index (χ2n) is 7.56. The zero-order valence-corrected chi connectivity index (χ0v) is 16.6. The fourth-order valence-electron chi connectivity index (χ4n) is 2.67. The summed E-state index contributed by atoms with van der Waals surface area (Å²) >= 11 is 0. The minimum atomic E-state index is -0.0983. The number of rotatable bonds is 6.